The van der Waals surface area contributed by atoms with Crippen LogP contribution in [0.1, 0.15) is 27.2 Å². The zero-order valence-corrected chi connectivity index (χ0v) is 16.2. The number of carbonyl (C=O) groups is 1. The van der Waals surface area contributed by atoms with Crippen LogP contribution >= 0.6 is 0 Å². The van der Waals surface area contributed by atoms with E-state index in [0.717, 1.165) is 15.8 Å². The maximum atomic E-state index is 12.5. The van der Waals surface area contributed by atoms with E-state index in [1.807, 2.05) is 0 Å². The summed E-state index contributed by atoms with van der Waals surface area (Å²) < 4.78 is 11.7. The van der Waals surface area contributed by atoms with Crippen molar-refractivity contribution in [3.63, 3.8) is 0 Å². The highest BCUT2D eigenvalue weighted by Crippen LogP contribution is 2.14. The minimum absolute atomic E-state index is 0.0934. The van der Waals surface area contributed by atoms with E-state index in [2.05, 4.69) is 10.1 Å². The second kappa shape index (κ2) is 9.11. The van der Waals surface area contributed by atoms with Gasteiger partial charge in [0.1, 0.15) is 24.7 Å². The minimum Gasteiger partial charge on any atom is -0.495 e. The van der Waals surface area contributed by atoms with Gasteiger partial charge in [-0.25, -0.2) is 4.68 Å². The van der Waals surface area contributed by atoms with Gasteiger partial charge in [0.15, 0.2) is 5.78 Å². The number of ketones is 1. The fraction of sp³-hybridized carbons (Fsp3) is 0.238. The number of hydrogen-bond acceptors (Lipinski definition) is 7. The van der Waals surface area contributed by atoms with Gasteiger partial charge in [0, 0.05) is 11.6 Å². The molecule has 0 bridgehead atoms. The van der Waals surface area contributed by atoms with Crippen LogP contribution in [0.5, 0.6) is 11.5 Å². The van der Waals surface area contributed by atoms with Crippen LogP contribution in [-0.2, 0) is 19.8 Å². The zero-order chi connectivity index (χ0) is 20.8. The van der Waals surface area contributed by atoms with E-state index in [1.54, 1.807) is 50.6 Å². The quantitative estimate of drug-likeness (QED) is 0.581. The molecule has 0 aliphatic rings. The molecule has 3 aromatic rings. The van der Waals surface area contributed by atoms with Gasteiger partial charge in [0.05, 0.1) is 31.8 Å². The van der Waals surface area contributed by atoms with Gasteiger partial charge in [-0.3, -0.25) is 14.6 Å². The lowest BCUT2D eigenvalue weighted by molar-refractivity contribution is 0.0964. The average molecular weight is 395 g/mol. The van der Waals surface area contributed by atoms with Crippen LogP contribution in [-0.4, -0.2) is 32.8 Å². The number of hydrogen-bond donors (Lipinski definition) is 1. The Morgan fingerprint density at radius 2 is 1.97 bits per heavy atom. The molecule has 29 heavy (non-hydrogen) atoms. The average Bonchev–Trinajstić information content (AvgIpc) is 2.74. The molecule has 150 valence electrons. The summed E-state index contributed by atoms with van der Waals surface area (Å²) in [6.07, 6.45) is 2.97. The molecule has 0 unspecified atom stereocenters. The van der Waals surface area contributed by atoms with Gasteiger partial charge in [-0.2, -0.15) is 5.10 Å². The van der Waals surface area contributed by atoms with Crippen LogP contribution in [0, 0.1) is 6.92 Å². The first-order valence-electron chi connectivity index (χ1n) is 8.92. The predicted octanol–water partition coefficient (Wildman–Crippen LogP) is 1.91. The molecule has 3 rings (SSSR count). The summed E-state index contributed by atoms with van der Waals surface area (Å²) in [5, 5.41) is 13.2. The van der Waals surface area contributed by atoms with Gasteiger partial charge in [-0.15, -0.1) is 0 Å². The van der Waals surface area contributed by atoms with E-state index in [-0.39, 0.29) is 25.5 Å². The lowest BCUT2D eigenvalue weighted by Crippen LogP contribution is -2.26. The molecule has 0 radical (unpaired) electrons. The number of Topliss-reactive ketones (excluding diaryl/α,β-unsaturated/α-hetero) is 1. The molecule has 0 aliphatic heterocycles. The number of methoxy groups -OCH3 is 1. The van der Waals surface area contributed by atoms with E-state index >= 15 is 0 Å². The lowest BCUT2D eigenvalue weighted by Gasteiger charge is -2.09. The van der Waals surface area contributed by atoms with E-state index in [0.29, 0.717) is 22.8 Å². The first-order valence-corrected chi connectivity index (χ1v) is 8.92. The van der Waals surface area contributed by atoms with Gasteiger partial charge in [-0.1, -0.05) is 18.2 Å². The molecule has 0 saturated heterocycles. The van der Waals surface area contributed by atoms with E-state index < -0.39 is 5.56 Å². The highest BCUT2D eigenvalue weighted by atomic mass is 16.5. The van der Waals surface area contributed by atoms with Crippen LogP contribution in [0.4, 0.5) is 0 Å². The summed E-state index contributed by atoms with van der Waals surface area (Å²) >= 11 is 0. The molecular weight excluding hydrogens is 374 g/mol. The summed E-state index contributed by atoms with van der Waals surface area (Å²) in [6.45, 7) is 1.68. The molecule has 8 heteroatoms. The highest BCUT2D eigenvalue weighted by molar-refractivity contribution is 5.97. The molecule has 0 fully saturated rings. The Morgan fingerprint density at radius 1 is 1.14 bits per heavy atom. The number of rotatable bonds is 8. The van der Waals surface area contributed by atoms with E-state index in [4.69, 9.17) is 14.6 Å². The van der Waals surface area contributed by atoms with Gasteiger partial charge < -0.3 is 14.6 Å². The van der Waals surface area contributed by atoms with Crippen LogP contribution in [0.25, 0.3) is 0 Å². The van der Waals surface area contributed by atoms with Crippen molar-refractivity contribution in [2.75, 3.05) is 7.11 Å². The van der Waals surface area contributed by atoms with E-state index in [9.17, 15) is 9.59 Å². The topological polar surface area (TPSA) is 104 Å². The molecule has 8 nitrogen and oxygen atoms in total. The second-order valence-corrected chi connectivity index (χ2v) is 6.40. The SMILES string of the molecule is COc1ccc(COc2cnn(CC(=O)c3ccc(CO)cc3C)c(=O)c2)nc1. The van der Waals surface area contributed by atoms with Gasteiger partial charge in [0.25, 0.3) is 5.56 Å². The number of aromatic nitrogens is 3. The zero-order valence-electron chi connectivity index (χ0n) is 16.2. The molecule has 0 saturated carbocycles. The van der Waals surface area contributed by atoms with Crippen LogP contribution in [0.2, 0.25) is 0 Å². The van der Waals surface area contributed by atoms with Crippen molar-refractivity contribution in [1.29, 1.82) is 0 Å². The number of aliphatic hydroxyl groups excluding tert-OH is 1. The van der Waals surface area contributed by atoms with E-state index in [1.165, 1.54) is 12.3 Å². The summed E-state index contributed by atoms with van der Waals surface area (Å²) in [5.41, 5.74) is 2.18. The van der Waals surface area contributed by atoms with Crippen molar-refractivity contribution in [3.8, 4) is 11.5 Å². The number of aliphatic hydroxyl groups is 1. The maximum Gasteiger partial charge on any atom is 0.270 e. The Bertz CT molecular complexity index is 1060. The van der Waals surface area contributed by atoms with Crippen LogP contribution in [0.15, 0.2) is 53.6 Å². The van der Waals surface area contributed by atoms with Gasteiger partial charge >= 0.3 is 0 Å². The number of pyridine rings is 1. The van der Waals surface area contributed by atoms with Crippen molar-refractivity contribution in [2.45, 2.75) is 26.7 Å². The molecule has 0 spiro atoms. The molecule has 1 aromatic carbocycles. The Kier molecular flexibility index (Phi) is 6.36. The normalized spacial score (nSPS) is 10.6. The van der Waals surface area contributed by atoms with Gasteiger partial charge in [-0.05, 0) is 30.2 Å². The minimum atomic E-state index is -0.442. The van der Waals surface area contributed by atoms with Crippen molar-refractivity contribution in [3.05, 3.63) is 81.5 Å². The Morgan fingerprint density at radius 3 is 2.59 bits per heavy atom. The van der Waals surface area contributed by atoms with Crippen molar-refractivity contribution >= 4 is 5.78 Å². The fourth-order valence-electron chi connectivity index (χ4n) is 2.75. The molecular formula is C21H21N3O5. The summed E-state index contributed by atoms with van der Waals surface area (Å²) in [5.74, 6) is 0.696. The second-order valence-electron chi connectivity index (χ2n) is 6.40. The maximum absolute atomic E-state index is 12.5. The summed E-state index contributed by atoms with van der Waals surface area (Å²) in [6, 6.07) is 9.88. The molecule has 0 aliphatic carbocycles. The fourth-order valence-corrected chi connectivity index (χ4v) is 2.75. The lowest BCUT2D eigenvalue weighted by atomic mass is 10.0. The van der Waals surface area contributed by atoms with Crippen molar-refractivity contribution in [2.24, 2.45) is 0 Å². The highest BCUT2D eigenvalue weighted by Gasteiger charge is 2.12. The summed E-state index contributed by atoms with van der Waals surface area (Å²) in [7, 11) is 1.56. The van der Waals surface area contributed by atoms with Crippen LogP contribution in [0.3, 0.4) is 0 Å². The predicted molar refractivity (Wildman–Crippen MR) is 105 cm³/mol. The van der Waals surface area contributed by atoms with Crippen LogP contribution < -0.4 is 15.0 Å². The third-order valence-corrected chi connectivity index (χ3v) is 4.33. The first-order chi connectivity index (χ1) is 14.0. The molecule has 0 atom stereocenters. The summed E-state index contributed by atoms with van der Waals surface area (Å²) in [4.78, 5) is 29.0. The Labute approximate surface area is 167 Å². The van der Waals surface area contributed by atoms with Gasteiger partial charge in [0.2, 0.25) is 0 Å². The first kappa shape index (κ1) is 20.2. The monoisotopic (exact) mass is 395 g/mol. The molecule has 1 N–H and O–H groups in total. The smallest absolute Gasteiger partial charge is 0.270 e. The Balaban J connectivity index is 1.66. The number of aryl methyl sites for hydroxylation is 1. The third kappa shape index (κ3) is 5.05. The molecule has 0 amide bonds. The largest absolute Gasteiger partial charge is 0.495 e. The number of ether oxygens (including phenoxy) is 2. The Hall–Kier alpha value is -3.52. The van der Waals surface area contributed by atoms with Crippen molar-refractivity contribution < 1.29 is 19.4 Å². The molecule has 2 aromatic heterocycles. The number of nitrogens with zero attached hydrogens (tertiary/aromatic N) is 3. The molecule has 2 heterocycles. The van der Waals surface area contributed by atoms with Crippen molar-refractivity contribution in [1.82, 2.24) is 14.8 Å². The number of carbonyl (C=O) groups excluding carboxylic acids is 1. The standard InChI is InChI=1S/C21H21N3O5/c1-14-7-15(12-25)3-6-19(14)20(26)11-24-21(27)8-18(10-23-24)29-13-16-4-5-17(28-2)9-22-16/h3-10,25H,11-13H2,1-2H3. The number of benzene rings is 1. The third-order valence-electron chi connectivity index (χ3n) is 4.33.